The second-order valence-electron chi connectivity index (χ2n) is 4.94. The summed E-state index contributed by atoms with van der Waals surface area (Å²) in [5.74, 6) is -0.799. The predicted molar refractivity (Wildman–Crippen MR) is 82.6 cm³/mol. The molecular formula is C17H12O6. The zero-order valence-corrected chi connectivity index (χ0v) is 12.1. The summed E-state index contributed by atoms with van der Waals surface area (Å²) in [6.45, 7) is 1.20. The summed E-state index contributed by atoms with van der Waals surface area (Å²) < 4.78 is 10.4. The van der Waals surface area contributed by atoms with Crippen LogP contribution in [0.4, 0.5) is 0 Å². The summed E-state index contributed by atoms with van der Waals surface area (Å²) in [6.07, 6.45) is 1.26. The molecule has 0 aliphatic heterocycles. The number of rotatable bonds is 2. The van der Waals surface area contributed by atoms with E-state index in [4.69, 9.17) is 9.15 Å². The number of esters is 1. The highest BCUT2D eigenvalue weighted by Crippen LogP contribution is 2.31. The Morgan fingerprint density at radius 3 is 2.43 bits per heavy atom. The minimum atomic E-state index is -0.619. The number of benzene rings is 2. The third-order valence-corrected chi connectivity index (χ3v) is 3.26. The topological polar surface area (TPSA) is 97.0 Å². The Balaban J connectivity index is 2.29. The van der Waals surface area contributed by atoms with Gasteiger partial charge < -0.3 is 19.4 Å². The van der Waals surface area contributed by atoms with Crippen molar-refractivity contribution in [3.8, 4) is 28.4 Å². The van der Waals surface area contributed by atoms with Crippen LogP contribution < -0.4 is 10.2 Å². The fourth-order valence-electron chi connectivity index (χ4n) is 2.28. The van der Waals surface area contributed by atoms with Crippen LogP contribution in [0, 0.1) is 0 Å². The SMILES string of the molecule is CC(=O)Oc1cc(O)cc2occ(-c3ccc(O)cc3)c(=O)c12. The molecule has 0 saturated heterocycles. The lowest BCUT2D eigenvalue weighted by Crippen LogP contribution is -2.09. The molecule has 0 atom stereocenters. The average molecular weight is 312 g/mol. The fraction of sp³-hybridized carbons (Fsp3) is 0.0588. The smallest absolute Gasteiger partial charge is 0.308 e. The Hall–Kier alpha value is -3.28. The number of carbonyl (C=O) groups is 1. The van der Waals surface area contributed by atoms with Gasteiger partial charge in [0.25, 0.3) is 0 Å². The molecule has 116 valence electrons. The Bertz CT molecular complexity index is 953. The van der Waals surface area contributed by atoms with E-state index >= 15 is 0 Å². The summed E-state index contributed by atoms with van der Waals surface area (Å²) in [7, 11) is 0. The molecule has 0 spiro atoms. The first-order chi connectivity index (χ1) is 11.0. The maximum atomic E-state index is 12.7. The largest absolute Gasteiger partial charge is 0.508 e. The molecule has 1 heterocycles. The summed E-state index contributed by atoms with van der Waals surface area (Å²) >= 11 is 0. The molecule has 2 N–H and O–H groups in total. The van der Waals surface area contributed by atoms with E-state index in [1.807, 2.05) is 0 Å². The molecule has 0 unspecified atom stereocenters. The monoisotopic (exact) mass is 312 g/mol. The van der Waals surface area contributed by atoms with Crippen LogP contribution >= 0.6 is 0 Å². The van der Waals surface area contributed by atoms with Crippen LogP contribution in [0.15, 0.2) is 51.9 Å². The third kappa shape index (κ3) is 2.74. The van der Waals surface area contributed by atoms with Gasteiger partial charge in [0.1, 0.15) is 34.5 Å². The van der Waals surface area contributed by atoms with E-state index in [0.29, 0.717) is 5.56 Å². The lowest BCUT2D eigenvalue weighted by atomic mass is 10.0. The van der Waals surface area contributed by atoms with Gasteiger partial charge in [-0.25, -0.2) is 0 Å². The molecule has 1 aromatic heterocycles. The summed E-state index contributed by atoms with van der Waals surface area (Å²) in [5.41, 5.74) is 0.485. The standard InChI is InChI=1S/C17H12O6/c1-9(18)23-15-7-12(20)6-14-16(15)17(21)13(8-22-14)10-2-4-11(19)5-3-10/h2-8,19-20H,1H3. The lowest BCUT2D eigenvalue weighted by molar-refractivity contribution is -0.131. The van der Waals surface area contributed by atoms with Crippen LogP contribution in [-0.2, 0) is 4.79 Å². The normalized spacial score (nSPS) is 10.7. The summed E-state index contributed by atoms with van der Waals surface area (Å²) in [5, 5.41) is 19.0. The number of fused-ring (bicyclic) bond motifs is 1. The van der Waals surface area contributed by atoms with Crippen LogP contribution in [0.5, 0.6) is 17.2 Å². The molecule has 0 aliphatic rings. The second kappa shape index (κ2) is 5.49. The maximum Gasteiger partial charge on any atom is 0.308 e. The first-order valence-corrected chi connectivity index (χ1v) is 6.72. The Labute approximate surface area is 130 Å². The molecule has 0 amide bonds. The van der Waals surface area contributed by atoms with Crippen LogP contribution in [0.25, 0.3) is 22.1 Å². The van der Waals surface area contributed by atoms with Crippen molar-refractivity contribution in [3.63, 3.8) is 0 Å². The van der Waals surface area contributed by atoms with Crippen molar-refractivity contribution < 1.29 is 24.2 Å². The van der Waals surface area contributed by atoms with E-state index in [0.717, 1.165) is 0 Å². The van der Waals surface area contributed by atoms with Gasteiger partial charge in [0.15, 0.2) is 0 Å². The van der Waals surface area contributed by atoms with E-state index in [9.17, 15) is 19.8 Å². The van der Waals surface area contributed by atoms with Crippen molar-refractivity contribution in [2.45, 2.75) is 6.92 Å². The summed E-state index contributed by atoms with van der Waals surface area (Å²) in [6, 6.07) is 8.48. The van der Waals surface area contributed by atoms with Gasteiger partial charge in [-0.2, -0.15) is 0 Å². The Morgan fingerprint density at radius 1 is 1.09 bits per heavy atom. The van der Waals surface area contributed by atoms with Gasteiger partial charge in [0, 0.05) is 19.1 Å². The average Bonchev–Trinajstić information content (AvgIpc) is 2.47. The van der Waals surface area contributed by atoms with Gasteiger partial charge in [0.2, 0.25) is 5.43 Å². The zero-order valence-electron chi connectivity index (χ0n) is 12.1. The molecular weight excluding hydrogens is 300 g/mol. The van der Waals surface area contributed by atoms with E-state index in [2.05, 4.69) is 0 Å². The number of hydrogen-bond acceptors (Lipinski definition) is 6. The van der Waals surface area contributed by atoms with Crippen molar-refractivity contribution >= 4 is 16.9 Å². The van der Waals surface area contributed by atoms with Crippen molar-refractivity contribution in [1.29, 1.82) is 0 Å². The van der Waals surface area contributed by atoms with Gasteiger partial charge in [-0.15, -0.1) is 0 Å². The minimum absolute atomic E-state index is 0.0589. The molecule has 6 heteroatoms. The molecule has 0 aliphatic carbocycles. The van der Waals surface area contributed by atoms with Crippen LogP contribution in [0.2, 0.25) is 0 Å². The molecule has 3 aromatic rings. The maximum absolute atomic E-state index is 12.7. The Kier molecular flexibility index (Phi) is 3.50. The number of ether oxygens (including phenoxy) is 1. The first kappa shape index (κ1) is 14.6. The highest BCUT2D eigenvalue weighted by molar-refractivity contribution is 5.90. The van der Waals surface area contributed by atoms with Crippen LogP contribution in [-0.4, -0.2) is 16.2 Å². The fourth-order valence-corrected chi connectivity index (χ4v) is 2.28. The lowest BCUT2D eigenvalue weighted by Gasteiger charge is -2.08. The highest BCUT2D eigenvalue weighted by Gasteiger charge is 2.16. The molecule has 0 saturated carbocycles. The van der Waals surface area contributed by atoms with E-state index in [-0.39, 0.29) is 33.8 Å². The van der Waals surface area contributed by atoms with Crippen molar-refractivity contribution in [3.05, 3.63) is 52.9 Å². The van der Waals surface area contributed by atoms with E-state index in [1.165, 1.54) is 37.5 Å². The molecule has 0 bridgehead atoms. The van der Waals surface area contributed by atoms with Crippen LogP contribution in [0.3, 0.4) is 0 Å². The number of hydrogen-bond donors (Lipinski definition) is 2. The minimum Gasteiger partial charge on any atom is -0.508 e. The van der Waals surface area contributed by atoms with Crippen molar-refractivity contribution in [1.82, 2.24) is 0 Å². The third-order valence-electron chi connectivity index (χ3n) is 3.26. The Morgan fingerprint density at radius 2 is 1.78 bits per heavy atom. The van der Waals surface area contributed by atoms with Crippen LogP contribution in [0.1, 0.15) is 6.92 Å². The molecule has 2 aromatic carbocycles. The number of phenols is 2. The van der Waals surface area contributed by atoms with Gasteiger partial charge in [-0.1, -0.05) is 12.1 Å². The highest BCUT2D eigenvalue weighted by atomic mass is 16.5. The predicted octanol–water partition coefficient (Wildman–Crippen LogP) is 2.80. The second-order valence-corrected chi connectivity index (χ2v) is 4.94. The van der Waals surface area contributed by atoms with Gasteiger partial charge in [0.05, 0.1) is 5.56 Å². The zero-order chi connectivity index (χ0) is 16.6. The van der Waals surface area contributed by atoms with E-state index in [1.54, 1.807) is 12.1 Å². The summed E-state index contributed by atoms with van der Waals surface area (Å²) in [4.78, 5) is 23.9. The molecule has 23 heavy (non-hydrogen) atoms. The van der Waals surface area contributed by atoms with Gasteiger partial charge >= 0.3 is 5.97 Å². The molecule has 0 fully saturated rings. The molecule has 6 nitrogen and oxygen atoms in total. The number of carbonyl (C=O) groups excluding carboxylic acids is 1. The van der Waals surface area contributed by atoms with E-state index < -0.39 is 11.4 Å². The number of phenolic OH excluding ortho intramolecular Hbond substituents is 2. The quantitative estimate of drug-likeness (QED) is 0.558. The number of aromatic hydroxyl groups is 2. The molecule has 3 rings (SSSR count). The molecule has 0 radical (unpaired) electrons. The van der Waals surface area contributed by atoms with Crippen molar-refractivity contribution in [2.24, 2.45) is 0 Å². The van der Waals surface area contributed by atoms with Gasteiger partial charge in [-0.3, -0.25) is 9.59 Å². The first-order valence-electron chi connectivity index (χ1n) is 6.72. The van der Waals surface area contributed by atoms with Gasteiger partial charge in [-0.05, 0) is 17.7 Å². The van der Waals surface area contributed by atoms with Crippen molar-refractivity contribution in [2.75, 3.05) is 0 Å².